The summed E-state index contributed by atoms with van der Waals surface area (Å²) in [6.07, 6.45) is 4.77. The average Bonchev–Trinajstić information content (AvgIpc) is 2.70. The maximum Gasteiger partial charge on any atom is 0.246 e. The van der Waals surface area contributed by atoms with E-state index >= 15 is 0 Å². The fourth-order valence-electron chi connectivity index (χ4n) is 3.20. The van der Waals surface area contributed by atoms with Crippen LogP contribution in [-0.4, -0.2) is 49.6 Å². The highest BCUT2D eigenvalue weighted by molar-refractivity contribution is 5.92. The number of methoxy groups -OCH3 is 1. The number of hydrogen-bond donors (Lipinski definition) is 1. The van der Waals surface area contributed by atoms with E-state index in [2.05, 4.69) is 19.2 Å². The third-order valence-corrected chi connectivity index (χ3v) is 4.79. The molecule has 0 atom stereocenters. The Bertz CT molecular complexity index is 720. The van der Waals surface area contributed by atoms with Gasteiger partial charge in [-0.3, -0.25) is 9.59 Å². The molecule has 2 rings (SSSR count). The first-order chi connectivity index (χ1) is 13.8. The standard InChI is InChI=1S/C23H34N2O4/c1-16(2)15-29-20-8-6-18(14-21(20)28-5)7-9-22(26)25-12-10-19(11-13-25)23(27)24-17(3)4/h6-9,14,16-17,19H,10-13,15H2,1-5H3,(H,24,27)/b9-7+. The van der Waals surface area contributed by atoms with Crippen LogP contribution in [0.3, 0.4) is 0 Å². The number of rotatable bonds is 8. The van der Waals surface area contributed by atoms with Gasteiger partial charge in [0.2, 0.25) is 11.8 Å². The van der Waals surface area contributed by atoms with Crippen molar-refractivity contribution in [2.75, 3.05) is 26.8 Å². The first kappa shape index (κ1) is 22.8. The van der Waals surface area contributed by atoms with Crippen molar-refractivity contribution < 1.29 is 19.1 Å². The number of nitrogens with one attached hydrogen (secondary N) is 1. The van der Waals surface area contributed by atoms with Gasteiger partial charge in [0.25, 0.3) is 0 Å². The number of ether oxygens (including phenoxy) is 2. The van der Waals surface area contributed by atoms with Crippen LogP contribution in [0.2, 0.25) is 0 Å². The molecule has 1 N–H and O–H groups in total. The monoisotopic (exact) mass is 402 g/mol. The van der Waals surface area contributed by atoms with Crippen LogP contribution in [-0.2, 0) is 9.59 Å². The van der Waals surface area contributed by atoms with Crippen molar-refractivity contribution in [2.24, 2.45) is 11.8 Å². The maximum atomic E-state index is 12.5. The molecule has 1 aliphatic rings. The minimum atomic E-state index is -0.0354. The Morgan fingerprint density at radius 1 is 1.17 bits per heavy atom. The van der Waals surface area contributed by atoms with Gasteiger partial charge >= 0.3 is 0 Å². The van der Waals surface area contributed by atoms with Gasteiger partial charge in [0, 0.05) is 31.1 Å². The second kappa shape index (κ2) is 10.9. The van der Waals surface area contributed by atoms with Gasteiger partial charge in [0.1, 0.15) is 0 Å². The molecule has 0 radical (unpaired) electrons. The molecule has 1 aromatic carbocycles. The number of amides is 2. The van der Waals surface area contributed by atoms with Crippen molar-refractivity contribution in [2.45, 2.75) is 46.6 Å². The van der Waals surface area contributed by atoms with Crippen LogP contribution >= 0.6 is 0 Å². The van der Waals surface area contributed by atoms with Crippen molar-refractivity contribution >= 4 is 17.9 Å². The van der Waals surface area contributed by atoms with E-state index in [1.165, 1.54) is 0 Å². The molecule has 160 valence electrons. The molecule has 6 nitrogen and oxygen atoms in total. The average molecular weight is 403 g/mol. The maximum absolute atomic E-state index is 12.5. The highest BCUT2D eigenvalue weighted by Gasteiger charge is 2.26. The third-order valence-electron chi connectivity index (χ3n) is 4.79. The fraction of sp³-hybridized carbons (Fsp3) is 0.565. The number of hydrogen-bond acceptors (Lipinski definition) is 4. The Labute approximate surface area is 174 Å². The zero-order valence-corrected chi connectivity index (χ0v) is 18.2. The molecule has 6 heteroatoms. The van der Waals surface area contributed by atoms with Crippen molar-refractivity contribution in [3.8, 4) is 11.5 Å². The lowest BCUT2D eigenvalue weighted by Crippen LogP contribution is -2.43. The van der Waals surface area contributed by atoms with Gasteiger partial charge in [-0.25, -0.2) is 0 Å². The van der Waals surface area contributed by atoms with Crippen molar-refractivity contribution in [3.63, 3.8) is 0 Å². The molecule has 1 aromatic rings. The van der Waals surface area contributed by atoms with Crippen molar-refractivity contribution in [1.29, 1.82) is 0 Å². The summed E-state index contributed by atoms with van der Waals surface area (Å²) in [7, 11) is 1.61. The highest BCUT2D eigenvalue weighted by atomic mass is 16.5. The first-order valence-corrected chi connectivity index (χ1v) is 10.4. The van der Waals surface area contributed by atoms with E-state index in [-0.39, 0.29) is 23.8 Å². The Kier molecular flexibility index (Phi) is 8.55. The van der Waals surface area contributed by atoms with Crippen LogP contribution < -0.4 is 14.8 Å². The zero-order valence-electron chi connectivity index (χ0n) is 18.2. The topological polar surface area (TPSA) is 67.9 Å². The molecule has 1 fully saturated rings. The SMILES string of the molecule is COc1cc(/C=C/C(=O)N2CCC(C(=O)NC(C)C)CC2)ccc1OCC(C)C. The van der Waals surface area contributed by atoms with Crippen LogP contribution in [0.1, 0.15) is 46.1 Å². The molecule has 0 bridgehead atoms. The lowest BCUT2D eigenvalue weighted by molar-refractivity contribution is -0.132. The molecule has 0 spiro atoms. The molecule has 0 unspecified atom stereocenters. The van der Waals surface area contributed by atoms with E-state index in [0.717, 1.165) is 5.56 Å². The number of nitrogens with zero attached hydrogens (tertiary/aromatic N) is 1. The quantitative estimate of drug-likeness (QED) is 0.676. The molecule has 1 heterocycles. The van der Waals surface area contributed by atoms with Crippen molar-refractivity contribution in [3.05, 3.63) is 29.8 Å². The molecular weight excluding hydrogens is 368 g/mol. The largest absolute Gasteiger partial charge is 0.493 e. The van der Waals surface area contributed by atoms with Crippen molar-refractivity contribution in [1.82, 2.24) is 10.2 Å². The minimum absolute atomic E-state index is 0.00641. The summed E-state index contributed by atoms with van der Waals surface area (Å²) < 4.78 is 11.2. The molecule has 1 saturated heterocycles. The van der Waals surface area contributed by atoms with E-state index in [4.69, 9.17) is 9.47 Å². The molecule has 0 aliphatic carbocycles. The summed E-state index contributed by atoms with van der Waals surface area (Å²) in [6, 6.07) is 5.78. The molecule has 0 aromatic heterocycles. The lowest BCUT2D eigenvalue weighted by atomic mass is 9.95. The third kappa shape index (κ3) is 7.11. The van der Waals surface area contributed by atoms with E-state index in [0.29, 0.717) is 50.0 Å². The Hall–Kier alpha value is -2.50. The summed E-state index contributed by atoms with van der Waals surface area (Å²) >= 11 is 0. The van der Waals surface area contributed by atoms with Gasteiger partial charge in [-0.2, -0.15) is 0 Å². The molecular formula is C23H34N2O4. The van der Waals surface area contributed by atoms with Crippen LogP contribution in [0.5, 0.6) is 11.5 Å². The van der Waals surface area contributed by atoms with Crippen LogP contribution in [0.15, 0.2) is 24.3 Å². The summed E-state index contributed by atoms with van der Waals surface area (Å²) in [5.74, 6) is 1.83. The fourth-order valence-corrected chi connectivity index (χ4v) is 3.20. The number of carbonyl (C=O) groups is 2. The van der Waals surface area contributed by atoms with E-state index in [9.17, 15) is 9.59 Å². The number of piperidine rings is 1. The van der Waals surface area contributed by atoms with Gasteiger partial charge in [0.05, 0.1) is 13.7 Å². The van der Waals surface area contributed by atoms with E-state index in [1.807, 2.05) is 32.0 Å². The summed E-state index contributed by atoms with van der Waals surface area (Å²) in [4.78, 5) is 26.4. The van der Waals surface area contributed by atoms with Crippen LogP contribution in [0, 0.1) is 11.8 Å². The lowest BCUT2D eigenvalue weighted by Gasteiger charge is -2.31. The normalized spacial score (nSPS) is 15.2. The Morgan fingerprint density at radius 3 is 2.45 bits per heavy atom. The van der Waals surface area contributed by atoms with Crippen LogP contribution in [0.4, 0.5) is 0 Å². The van der Waals surface area contributed by atoms with Gasteiger partial charge < -0.3 is 19.7 Å². The summed E-state index contributed by atoms with van der Waals surface area (Å²) in [5, 5.41) is 2.96. The number of carbonyl (C=O) groups excluding carboxylic acids is 2. The molecule has 0 saturated carbocycles. The number of benzene rings is 1. The van der Waals surface area contributed by atoms with Crippen LogP contribution in [0.25, 0.3) is 6.08 Å². The van der Waals surface area contributed by atoms with E-state index < -0.39 is 0 Å². The second-order valence-electron chi connectivity index (χ2n) is 8.21. The van der Waals surface area contributed by atoms with Gasteiger partial charge in [-0.05, 0) is 56.4 Å². The first-order valence-electron chi connectivity index (χ1n) is 10.4. The molecule has 29 heavy (non-hydrogen) atoms. The summed E-state index contributed by atoms with van der Waals surface area (Å²) in [6.45, 7) is 9.92. The molecule has 1 aliphatic heterocycles. The predicted octanol–water partition coefficient (Wildman–Crippen LogP) is 3.51. The predicted molar refractivity (Wildman–Crippen MR) is 115 cm³/mol. The second-order valence-corrected chi connectivity index (χ2v) is 8.21. The molecule has 2 amide bonds. The van der Waals surface area contributed by atoms with Gasteiger partial charge in [0.15, 0.2) is 11.5 Å². The summed E-state index contributed by atoms with van der Waals surface area (Å²) in [5.41, 5.74) is 0.873. The zero-order chi connectivity index (χ0) is 21.4. The van der Waals surface area contributed by atoms with Gasteiger partial charge in [-0.1, -0.05) is 19.9 Å². The Balaban J connectivity index is 1.91. The minimum Gasteiger partial charge on any atom is -0.493 e. The van der Waals surface area contributed by atoms with E-state index in [1.54, 1.807) is 24.2 Å². The van der Waals surface area contributed by atoms with Gasteiger partial charge in [-0.15, -0.1) is 0 Å². The smallest absolute Gasteiger partial charge is 0.246 e. The number of likely N-dealkylation sites (tertiary alicyclic amines) is 1. The Morgan fingerprint density at radius 2 is 1.86 bits per heavy atom. The highest BCUT2D eigenvalue weighted by Crippen LogP contribution is 2.29.